The predicted octanol–water partition coefficient (Wildman–Crippen LogP) is 1.60. The van der Waals surface area contributed by atoms with E-state index in [0.717, 1.165) is 6.42 Å². The van der Waals surface area contributed by atoms with Crippen molar-refractivity contribution in [2.45, 2.75) is 33.1 Å². The van der Waals surface area contributed by atoms with E-state index in [0.29, 0.717) is 12.3 Å². The molecule has 0 aromatic carbocycles. The zero-order valence-corrected chi connectivity index (χ0v) is 7.99. The van der Waals surface area contributed by atoms with Gasteiger partial charge in [0.1, 0.15) is 0 Å². The summed E-state index contributed by atoms with van der Waals surface area (Å²) in [5.41, 5.74) is 0. The normalized spacial score (nSPS) is 12.8. The quantitative estimate of drug-likeness (QED) is 0.663. The second kappa shape index (κ2) is 5.56. The van der Waals surface area contributed by atoms with Crippen molar-refractivity contribution >= 4 is 11.9 Å². The fraction of sp³-hybridized carbons (Fsp3) is 0.778. The van der Waals surface area contributed by atoms with E-state index in [9.17, 15) is 9.59 Å². The molecule has 0 saturated carbocycles. The van der Waals surface area contributed by atoms with Gasteiger partial charge in [-0.1, -0.05) is 20.3 Å². The van der Waals surface area contributed by atoms with Gasteiger partial charge in [-0.3, -0.25) is 9.59 Å². The monoisotopic (exact) mass is 188 g/mol. The van der Waals surface area contributed by atoms with Gasteiger partial charge in [-0.05, 0) is 12.3 Å². The highest BCUT2D eigenvalue weighted by Gasteiger charge is 2.20. The lowest BCUT2D eigenvalue weighted by atomic mass is 9.95. The minimum absolute atomic E-state index is 0.276. The molecule has 0 rings (SSSR count). The van der Waals surface area contributed by atoms with Crippen molar-refractivity contribution in [2.75, 3.05) is 0 Å². The molecule has 1 atom stereocenters. The summed E-state index contributed by atoms with van der Waals surface area (Å²) in [7, 11) is 0. The Balaban J connectivity index is 3.95. The second-order valence-corrected chi connectivity index (χ2v) is 3.60. The highest BCUT2D eigenvalue weighted by molar-refractivity contribution is 5.77. The first-order chi connectivity index (χ1) is 5.93. The van der Waals surface area contributed by atoms with Crippen LogP contribution in [0.5, 0.6) is 0 Å². The summed E-state index contributed by atoms with van der Waals surface area (Å²) in [5, 5.41) is 17.1. The Morgan fingerprint density at radius 3 is 2.00 bits per heavy atom. The van der Waals surface area contributed by atoms with Crippen LogP contribution in [-0.2, 0) is 9.59 Å². The van der Waals surface area contributed by atoms with Crippen LogP contribution in [0.1, 0.15) is 33.1 Å². The number of hydrogen-bond acceptors (Lipinski definition) is 2. The van der Waals surface area contributed by atoms with Gasteiger partial charge in [-0.15, -0.1) is 0 Å². The van der Waals surface area contributed by atoms with E-state index >= 15 is 0 Å². The van der Waals surface area contributed by atoms with E-state index in [1.807, 2.05) is 13.8 Å². The average Bonchev–Trinajstić information content (AvgIpc) is 1.96. The highest BCUT2D eigenvalue weighted by Crippen LogP contribution is 2.15. The molecule has 1 unspecified atom stereocenters. The molecule has 2 N–H and O–H groups in total. The molecule has 0 aliphatic carbocycles. The van der Waals surface area contributed by atoms with Crippen molar-refractivity contribution in [1.29, 1.82) is 0 Å². The molecule has 0 aromatic heterocycles. The van der Waals surface area contributed by atoms with Crippen molar-refractivity contribution in [3.8, 4) is 0 Å². The Bertz CT molecular complexity index is 186. The van der Waals surface area contributed by atoms with Crippen molar-refractivity contribution < 1.29 is 19.8 Å². The molecule has 0 heterocycles. The molecule has 13 heavy (non-hydrogen) atoms. The highest BCUT2D eigenvalue weighted by atomic mass is 16.4. The summed E-state index contributed by atoms with van der Waals surface area (Å²) < 4.78 is 0. The number of aliphatic carboxylic acids is 2. The van der Waals surface area contributed by atoms with Crippen LogP contribution >= 0.6 is 0 Å². The lowest BCUT2D eigenvalue weighted by Gasteiger charge is -2.10. The second-order valence-electron chi connectivity index (χ2n) is 3.60. The summed E-state index contributed by atoms with van der Waals surface area (Å²) in [6.45, 7) is 3.97. The summed E-state index contributed by atoms with van der Waals surface area (Å²) in [4.78, 5) is 20.9. The van der Waals surface area contributed by atoms with Gasteiger partial charge in [0.2, 0.25) is 0 Å². The zero-order valence-electron chi connectivity index (χ0n) is 7.99. The number of hydrogen-bond donors (Lipinski definition) is 2. The zero-order chi connectivity index (χ0) is 10.4. The molecule has 0 aliphatic rings. The van der Waals surface area contributed by atoms with E-state index in [1.54, 1.807) is 0 Å². The molecular formula is C9H16O4. The fourth-order valence-electron chi connectivity index (χ4n) is 1.06. The molecule has 0 saturated heterocycles. The Labute approximate surface area is 77.6 Å². The van der Waals surface area contributed by atoms with Gasteiger partial charge in [0.15, 0.2) is 0 Å². The lowest BCUT2D eigenvalue weighted by Crippen LogP contribution is -2.18. The van der Waals surface area contributed by atoms with E-state index in [2.05, 4.69) is 0 Å². The molecule has 0 amide bonds. The average molecular weight is 188 g/mol. The molecule has 4 nitrogen and oxygen atoms in total. The molecule has 0 bridgehead atoms. The summed E-state index contributed by atoms with van der Waals surface area (Å²) in [6, 6.07) is 0. The molecule has 0 aromatic rings. The van der Waals surface area contributed by atoms with Gasteiger partial charge in [0.25, 0.3) is 0 Å². The third-order valence-corrected chi connectivity index (χ3v) is 1.86. The molecule has 0 radical (unpaired) electrons. The van der Waals surface area contributed by atoms with E-state index in [-0.39, 0.29) is 6.42 Å². The van der Waals surface area contributed by atoms with E-state index in [1.165, 1.54) is 0 Å². The van der Waals surface area contributed by atoms with Crippen LogP contribution in [-0.4, -0.2) is 22.2 Å². The standard InChI is InChI=1S/C9H16O4/c1-6(2)3-4-7(9(12)13)5-8(10)11/h6-7H,3-5H2,1-2H3,(H,10,11)(H,12,13). The van der Waals surface area contributed by atoms with Gasteiger partial charge >= 0.3 is 11.9 Å². The lowest BCUT2D eigenvalue weighted by molar-refractivity contribution is -0.148. The molecule has 0 fully saturated rings. The molecule has 4 heteroatoms. The maximum absolute atomic E-state index is 10.6. The number of carboxylic acid groups (broad SMARTS) is 2. The van der Waals surface area contributed by atoms with Crippen LogP contribution < -0.4 is 0 Å². The smallest absolute Gasteiger partial charge is 0.307 e. The van der Waals surface area contributed by atoms with Gasteiger partial charge in [0.05, 0.1) is 12.3 Å². The van der Waals surface area contributed by atoms with Crippen molar-refractivity contribution in [3.05, 3.63) is 0 Å². The van der Waals surface area contributed by atoms with Gasteiger partial charge in [-0.2, -0.15) is 0 Å². The van der Waals surface area contributed by atoms with Crippen LogP contribution in [0.4, 0.5) is 0 Å². The minimum Gasteiger partial charge on any atom is -0.481 e. The van der Waals surface area contributed by atoms with E-state index < -0.39 is 17.9 Å². The minimum atomic E-state index is -1.05. The molecular weight excluding hydrogens is 172 g/mol. The summed E-state index contributed by atoms with van der Waals surface area (Å²) >= 11 is 0. The Morgan fingerprint density at radius 1 is 1.15 bits per heavy atom. The molecule has 0 aliphatic heterocycles. The fourth-order valence-corrected chi connectivity index (χ4v) is 1.06. The predicted molar refractivity (Wildman–Crippen MR) is 47.5 cm³/mol. The van der Waals surface area contributed by atoms with Crippen LogP contribution in [0.2, 0.25) is 0 Å². The SMILES string of the molecule is CC(C)CCC(CC(=O)O)C(=O)O. The molecule has 76 valence electrons. The Hall–Kier alpha value is -1.06. The van der Waals surface area contributed by atoms with Crippen molar-refractivity contribution in [3.63, 3.8) is 0 Å². The maximum atomic E-state index is 10.6. The number of rotatable bonds is 6. The summed E-state index contributed by atoms with van der Waals surface area (Å²) in [6.07, 6.45) is 0.922. The van der Waals surface area contributed by atoms with Gasteiger partial charge < -0.3 is 10.2 Å². The Morgan fingerprint density at radius 2 is 1.69 bits per heavy atom. The largest absolute Gasteiger partial charge is 0.481 e. The first-order valence-electron chi connectivity index (χ1n) is 4.38. The van der Waals surface area contributed by atoms with Crippen LogP contribution in [0.3, 0.4) is 0 Å². The first-order valence-corrected chi connectivity index (χ1v) is 4.38. The number of carboxylic acids is 2. The van der Waals surface area contributed by atoms with Crippen molar-refractivity contribution in [1.82, 2.24) is 0 Å². The maximum Gasteiger partial charge on any atom is 0.307 e. The number of carbonyl (C=O) groups is 2. The van der Waals surface area contributed by atoms with Crippen LogP contribution in [0, 0.1) is 11.8 Å². The van der Waals surface area contributed by atoms with Gasteiger partial charge in [0, 0.05) is 0 Å². The van der Waals surface area contributed by atoms with Crippen LogP contribution in [0.15, 0.2) is 0 Å². The van der Waals surface area contributed by atoms with Gasteiger partial charge in [-0.25, -0.2) is 0 Å². The third-order valence-electron chi connectivity index (χ3n) is 1.86. The molecule has 0 spiro atoms. The van der Waals surface area contributed by atoms with E-state index in [4.69, 9.17) is 10.2 Å². The van der Waals surface area contributed by atoms with Crippen LogP contribution in [0.25, 0.3) is 0 Å². The Kier molecular flexibility index (Phi) is 5.11. The van der Waals surface area contributed by atoms with Crippen molar-refractivity contribution in [2.24, 2.45) is 11.8 Å². The topological polar surface area (TPSA) is 74.6 Å². The first kappa shape index (κ1) is 11.9. The third kappa shape index (κ3) is 6.13. The summed E-state index contributed by atoms with van der Waals surface area (Å²) in [5.74, 6) is -2.38.